The second-order valence-corrected chi connectivity index (χ2v) is 7.52. The second-order valence-electron chi connectivity index (χ2n) is 7.52. The molecule has 0 saturated heterocycles. The highest BCUT2D eigenvalue weighted by Gasteiger charge is 2.30. The third kappa shape index (κ3) is 5.79. The molecule has 3 heterocycles. The van der Waals surface area contributed by atoms with Crippen LogP contribution in [0.15, 0.2) is 54.9 Å². The van der Waals surface area contributed by atoms with Crippen LogP contribution in [0.5, 0.6) is 11.6 Å². The lowest BCUT2D eigenvalue weighted by molar-refractivity contribution is -0.0498. The van der Waals surface area contributed by atoms with E-state index in [2.05, 4.69) is 29.7 Å². The SMILES string of the molecule is COC(=O)Nc1cc2c(ccn2-c2cc(OCc3ccc(OC(F)F)cc3)nc(C(C)(F)F)n2)cn1. The molecule has 0 aliphatic rings. The van der Waals surface area contributed by atoms with E-state index in [1.165, 1.54) is 54.3 Å². The van der Waals surface area contributed by atoms with Crippen LogP contribution in [0.3, 0.4) is 0 Å². The number of alkyl halides is 4. The Morgan fingerprint density at radius 2 is 1.89 bits per heavy atom. The predicted molar refractivity (Wildman–Crippen MR) is 120 cm³/mol. The minimum absolute atomic E-state index is 0.0268. The molecule has 9 nitrogen and oxygen atoms in total. The molecule has 0 radical (unpaired) electrons. The number of rotatable bonds is 8. The van der Waals surface area contributed by atoms with Crippen molar-refractivity contribution in [3.63, 3.8) is 0 Å². The second kappa shape index (κ2) is 10.1. The molecule has 0 aliphatic carbocycles. The van der Waals surface area contributed by atoms with Crippen LogP contribution in [-0.2, 0) is 17.3 Å². The number of ether oxygens (including phenoxy) is 3. The number of anilines is 1. The number of carbonyl (C=O) groups excluding carboxylic acids is 1. The van der Waals surface area contributed by atoms with Crippen molar-refractivity contribution < 1.29 is 36.6 Å². The number of methoxy groups -OCH3 is 1. The number of hydrogen-bond acceptors (Lipinski definition) is 7. The predicted octanol–water partition coefficient (Wildman–Crippen LogP) is 5.29. The molecule has 0 unspecified atom stereocenters. The van der Waals surface area contributed by atoms with E-state index < -0.39 is 24.5 Å². The lowest BCUT2D eigenvalue weighted by atomic mass is 10.2. The number of halogens is 4. The monoisotopic (exact) mass is 505 g/mol. The quantitative estimate of drug-likeness (QED) is 0.325. The molecule has 0 aliphatic heterocycles. The minimum Gasteiger partial charge on any atom is -0.473 e. The van der Waals surface area contributed by atoms with Gasteiger partial charge in [0, 0.05) is 36.8 Å². The summed E-state index contributed by atoms with van der Waals surface area (Å²) >= 11 is 0. The summed E-state index contributed by atoms with van der Waals surface area (Å²) in [4.78, 5) is 23.5. The highest BCUT2D eigenvalue weighted by Crippen LogP contribution is 2.29. The van der Waals surface area contributed by atoms with Gasteiger partial charge in [0.25, 0.3) is 0 Å². The van der Waals surface area contributed by atoms with Crippen LogP contribution in [0.1, 0.15) is 18.3 Å². The molecule has 1 amide bonds. The summed E-state index contributed by atoms with van der Waals surface area (Å²) in [6.45, 7) is -2.37. The van der Waals surface area contributed by atoms with Gasteiger partial charge in [-0.25, -0.2) is 14.8 Å². The Morgan fingerprint density at radius 3 is 2.56 bits per heavy atom. The van der Waals surface area contributed by atoms with E-state index in [0.29, 0.717) is 23.4 Å². The van der Waals surface area contributed by atoms with Crippen molar-refractivity contribution >= 4 is 22.8 Å². The number of nitrogens with zero attached hydrogens (tertiary/aromatic N) is 4. The van der Waals surface area contributed by atoms with Gasteiger partial charge < -0.3 is 18.8 Å². The molecule has 4 aromatic rings. The highest BCUT2D eigenvalue weighted by molar-refractivity contribution is 5.88. The largest absolute Gasteiger partial charge is 0.473 e. The first kappa shape index (κ1) is 24.7. The van der Waals surface area contributed by atoms with E-state index in [4.69, 9.17) is 4.74 Å². The number of nitrogens with one attached hydrogen (secondary N) is 1. The maximum Gasteiger partial charge on any atom is 0.412 e. The number of carbonyl (C=O) groups is 1. The summed E-state index contributed by atoms with van der Waals surface area (Å²) in [6.07, 6.45) is 2.37. The maximum atomic E-state index is 14.2. The Bertz CT molecular complexity index is 1370. The topological polar surface area (TPSA) is 100 Å². The number of amides is 1. The number of fused-ring (bicyclic) bond motifs is 1. The molecule has 36 heavy (non-hydrogen) atoms. The van der Waals surface area contributed by atoms with Gasteiger partial charge in [0.2, 0.25) is 11.7 Å². The number of hydrogen-bond donors (Lipinski definition) is 1. The molecule has 188 valence electrons. The van der Waals surface area contributed by atoms with E-state index in [-0.39, 0.29) is 29.9 Å². The molecular formula is C23H19F4N5O4. The Morgan fingerprint density at radius 1 is 1.14 bits per heavy atom. The molecule has 4 rings (SSSR count). The molecule has 0 atom stereocenters. The standard InChI is InChI=1S/C23H19F4N5O4/c1-23(26,27)20-30-18(32-8-7-14-11-28-17(9-16(14)32)29-22(33)34-2)10-19(31-20)35-12-13-3-5-15(6-4-13)36-21(24)25/h3-11,21H,12H2,1-2H3,(H,28,29,33). The molecule has 0 fully saturated rings. The van der Waals surface area contributed by atoms with Gasteiger partial charge in [0.1, 0.15) is 24.0 Å². The van der Waals surface area contributed by atoms with E-state index >= 15 is 0 Å². The van der Waals surface area contributed by atoms with Crippen LogP contribution >= 0.6 is 0 Å². The molecule has 3 aromatic heterocycles. The van der Waals surface area contributed by atoms with Crippen molar-refractivity contribution in [1.82, 2.24) is 19.5 Å². The van der Waals surface area contributed by atoms with Crippen LogP contribution in [-0.4, -0.2) is 39.3 Å². The zero-order chi connectivity index (χ0) is 25.9. The van der Waals surface area contributed by atoms with E-state index in [1.807, 2.05) is 0 Å². The van der Waals surface area contributed by atoms with Gasteiger partial charge in [-0.15, -0.1) is 0 Å². The fourth-order valence-corrected chi connectivity index (χ4v) is 3.18. The maximum absolute atomic E-state index is 14.2. The number of benzene rings is 1. The number of pyridine rings is 1. The van der Waals surface area contributed by atoms with Gasteiger partial charge >= 0.3 is 18.6 Å². The molecule has 1 N–H and O–H groups in total. The minimum atomic E-state index is -3.37. The van der Waals surface area contributed by atoms with Crippen molar-refractivity contribution in [3.05, 3.63) is 66.2 Å². The van der Waals surface area contributed by atoms with E-state index in [1.54, 1.807) is 12.3 Å². The number of aromatic nitrogens is 4. The van der Waals surface area contributed by atoms with Crippen molar-refractivity contribution in [1.29, 1.82) is 0 Å². The van der Waals surface area contributed by atoms with Gasteiger partial charge in [0.15, 0.2) is 0 Å². The van der Waals surface area contributed by atoms with Crippen molar-refractivity contribution in [2.45, 2.75) is 26.1 Å². The van der Waals surface area contributed by atoms with E-state index in [0.717, 1.165) is 0 Å². The fourth-order valence-electron chi connectivity index (χ4n) is 3.18. The lowest BCUT2D eigenvalue weighted by Crippen LogP contribution is -2.15. The van der Waals surface area contributed by atoms with Crippen molar-refractivity contribution in [3.8, 4) is 17.4 Å². The first-order valence-corrected chi connectivity index (χ1v) is 10.4. The fraction of sp³-hybridized carbons (Fsp3) is 0.217. The summed E-state index contributed by atoms with van der Waals surface area (Å²) in [6, 6.07) is 10.3. The summed E-state index contributed by atoms with van der Waals surface area (Å²) in [5.41, 5.74) is 1.08. The summed E-state index contributed by atoms with van der Waals surface area (Å²) in [5, 5.41) is 3.09. The average Bonchev–Trinajstić information content (AvgIpc) is 3.26. The first-order chi connectivity index (χ1) is 17.1. The van der Waals surface area contributed by atoms with E-state index in [9.17, 15) is 22.4 Å². The Hall–Kier alpha value is -4.42. The van der Waals surface area contributed by atoms with Gasteiger partial charge in [-0.1, -0.05) is 12.1 Å². The molecule has 0 bridgehead atoms. The van der Waals surface area contributed by atoms with Crippen LogP contribution in [0.2, 0.25) is 0 Å². The van der Waals surface area contributed by atoms with Crippen LogP contribution in [0.25, 0.3) is 16.7 Å². The zero-order valence-electron chi connectivity index (χ0n) is 18.9. The molecule has 0 spiro atoms. The Labute approximate surface area is 201 Å². The van der Waals surface area contributed by atoms with Crippen molar-refractivity contribution in [2.24, 2.45) is 0 Å². The lowest BCUT2D eigenvalue weighted by Gasteiger charge is -2.14. The van der Waals surface area contributed by atoms with Crippen LogP contribution < -0.4 is 14.8 Å². The van der Waals surface area contributed by atoms with Crippen LogP contribution in [0, 0.1) is 0 Å². The Kier molecular flexibility index (Phi) is 6.90. The van der Waals surface area contributed by atoms with Crippen LogP contribution in [0.4, 0.5) is 28.2 Å². The molecule has 13 heteroatoms. The van der Waals surface area contributed by atoms with Gasteiger partial charge in [-0.05, 0) is 23.8 Å². The smallest absolute Gasteiger partial charge is 0.412 e. The first-order valence-electron chi connectivity index (χ1n) is 10.4. The van der Waals surface area contributed by atoms with Gasteiger partial charge in [0.05, 0.1) is 12.6 Å². The highest BCUT2D eigenvalue weighted by atomic mass is 19.3. The summed E-state index contributed by atoms with van der Waals surface area (Å²) in [7, 11) is 1.21. The molecule has 1 aromatic carbocycles. The van der Waals surface area contributed by atoms with Crippen molar-refractivity contribution in [2.75, 3.05) is 12.4 Å². The third-order valence-corrected chi connectivity index (χ3v) is 4.85. The normalized spacial score (nSPS) is 11.5. The van der Waals surface area contributed by atoms with Gasteiger partial charge in [-0.3, -0.25) is 5.32 Å². The molecule has 0 saturated carbocycles. The molecular weight excluding hydrogens is 486 g/mol. The third-order valence-electron chi connectivity index (χ3n) is 4.85. The average molecular weight is 505 g/mol. The summed E-state index contributed by atoms with van der Waals surface area (Å²) in [5.74, 6) is -4.03. The zero-order valence-corrected chi connectivity index (χ0v) is 18.9. The van der Waals surface area contributed by atoms with Gasteiger partial charge in [-0.2, -0.15) is 22.5 Å². The Balaban J connectivity index is 1.65. The summed E-state index contributed by atoms with van der Waals surface area (Å²) < 4.78 is 69.0.